The molecule has 3 N–H and O–H groups in total. The van der Waals surface area contributed by atoms with Crippen LogP contribution in [-0.2, 0) is 0 Å². The number of nitrogen functional groups attached to an aromatic ring is 1. The van der Waals surface area contributed by atoms with Crippen LogP contribution in [-0.4, -0.2) is 16.1 Å². The average Bonchev–Trinajstić information content (AvgIpc) is 2.29. The number of nitrogens with two attached hydrogens (primary N) is 1. The van der Waals surface area contributed by atoms with Gasteiger partial charge in [-0.3, -0.25) is 0 Å². The molecule has 1 aromatic heterocycles. The number of pyridine rings is 1. The lowest BCUT2D eigenvalue weighted by atomic mass is 9.82. The van der Waals surface area contributed by atoms with E-state index in [0.29, 0.717) is 5.92 Å². The Balaban J connectivity index is 2.38. The molecule has 0 saturated heterocycles. The van der Waals surface area contributed by atoms with E-state index in [0.717, 1.165) is 18.4 Å². The van der Waals surface area contributed by atoms with Gasteiger partial charge in [0.2, 0.25) is 0 Å². The number of aromatic carboxylic acids is 1. The molecule has 1 heterocycles. The molecule has 0 radical (unpaired) electrons. The van der Waals surface area contributed by atoms with Crippen molar-refractivity contribution < 1.29 is 9.90 Å². The lowest BCUT2D eigenvalue weighted by Crippen LogP contribution is -2.13. The molecular weight excluding hydrogens is 204 g/mol. The first-order valence-corrected chi connectivity index (χ1v) is 5.68. The fourth-order valence-corrected chi connectivity index (χ4v) is 2.48. The van der Waals surface area contributed by atoms with Gasteiger partial charge in [0.25, 0.3) is 0 Å². The van der Waals surface area contributed by atoms with Gasteiger partial charge in [0.05, 0.1) is 0 Å². The van der Waals surface area contributed by atoms with Crippen LogP contribution in [0.2, 0.25) is 0 Å². The molecule has 1 aliphatic carbocycles. The molecule has 0 bridgehead atoms. The van der Waals surface area contributed by atoms with Crippen molar-refractivity contribution in [2.75, 3.05) is 5.73 Å². The fourth-order valence-electron chi connectivity index (χ4n) is 2.48. The topological polar surface area (TPSA) is 76.2 Å². The van der Waals surface area contributed by atoms with Gasteiger partial charge < -0.3 is 10.8 Å². The Hall–Kier alpha value is -1.58. The first kappa shape index (κ1) is 10.9. The second-order valence-corrected chi connectivity index (χ2v) is 4.30. The number of anilines is 1. The number of carboxylic acids is 1. The van der Waals surface area contributed by atoms with Crippen LogP contribution in [0.5, 0.6) is 0 Å². The van der Waals surface area contributed by atoms with Crippen molar-refractivity contribution in [3.63, 3.8) is 0 Å². The molecule has 0 spiro atoms. The molecule has 1 aliphatic rings. The Morgan fingerprint density at radius 2 is 2.06 bits per heavy atom. The molecule has 2 rings (SSSR count). The summed E-state index contributed by atoms with van der Waals surface area (Å²) in [4.78, 5) is 15.0. The van der Waals surface area contributed by atoms with Crippen molar-refractivity contribution >= 4 is 11.8 Å². The molecule has 86 valence electrons. The summed E-state index contributed by atoms with van der Waals surface area (Å²) < 4.78 is 0. The second-order valence-electron chi connectivity index (χ2n) is 4.30. The number of rotatable bonds is 2. The minimum atomic E-state index is -0.967. The van der Waals surface area contributed by atoms with Crippen LogP contribution in [0.25, 0.3) is 0 Å². The van der Waals surface area contributed by atoms with E-state index < -0.39 is 5.97 Å². The Morgan fingerprint density at radius 3 is 2.69 bits per heavy atom. The molecule has 1 fully saturated rings. The Morgan fingerprint density at radius 1 is 1.38 bits per heavy atom. The van der Waals surface area contributed by atoms with Crippen LogP contribution in [0.3, 0.4) is 0 Å². The molecule has 1 aromatic rings. The van der Waals surface area contributed by atoms with E-state index in [-0.39, 0.29) is 11.4 Å². The third-order valence-electron chi connectivity index (χ3n) is 3.27. The average molecular weight is 220 g/mol. The van der Waals surface area contributed by atoms with Gasteiger partial charge in [-0.25, -0.2) is 9.78 Å². The molecule has 0 atom stereocenters. The molecule has 16 heavy (non-hydrogen) atoms. The van der Waals surface area contributed by atoms with Crippen molar-refractivity contribution in [1.82, 2.24) is 4.98 Å². The highest BCUT2D eigenvalue weighted by atomic mass is 16.4. The van der Waals surface area contributed by atoms with E-state index in [1.807, 2.05) is 0 Å². The van der Waals surface area contributed by atoms with E-state index >= 15 is 0 Å². The number of hydrogen-bond donors (Lipinski definition) is 2. The van der Waals surface area contributed by atoms with Gasteiger partial charge in [-0.05, 0) is 30.4 Å². The quantitative estimate of drug-likeness (QED) is 0.802. The Kier molecular flexibility index (Phi) is 3.08. The Labute approximate surface area is 94.5 Å². The summed E-state index contributed by atoms with van der Waals surface area (Å²) in [6.07, 6.45) is 7.32. The van der Waals surface area contributed by atoms with Gasteiger partial charge in [0.1, 0.15) is 11.4 Å². The SMILES string of the molecule is Nc1nccc(C2CCCCC2)c1C(=O)O. The van der Waals surface area contributed by atoms with E-state index in [4.69, 9.17) is 10.8 Å². The number of nitrogens with zero attached hydrogens (tertiary/aromatic N) is 1. The maximum Gasteiger partial charge on any atom is 0.339 e. The van der Waals surface area contributed by atoms with Gasteiger partial charge in [-0.1, -0.05) is 19.3 Å². The minimum Gasteiger partial charge on any atom is -0.478 e. The third-order valence-corrected chi connectivity index (χ3v) is 3.27. The highest BCUT2D eigenvalue weighted by Gasteiger charge is 2.23. The number of carboxylic acid groups (broad SMARTS) is 1. The molecule has 0 unspecified atom stereocenters. The Bertz CT molecular complexity index is 398. The molecule has 1 saturated carbocycles. The van der Waals surface area contributed by atoms with Crippen molar-refractivity contribution in [2.45, 2.75) is 38.0 Å². The van der Waals surface area contributed by atoms with Crippen LogP contribution >= 0.6 is 0 Å². The van der Waals surface area contributed by atoms with Crippen LogP contribution in [0.15, 0.2) is 12.3 Å². The number of carbonyl (C=O) groups is 1. The lowest BCUT2D eigenvalue weighted by Gasteiger charge is -2.23. The van der Waals surface area contributed by atoms with Crippen molar-refractivity contribution in [3.05, 3.63) is 23.4 Å². The fraction of sp³-hybridized carbons (Fsp3) is 0.500. The van der Waals surface area contributed by atoms with E-state index in [1.54, 1.807) is 12.3 Å². The summed E-state index contributed by atoms with van der Waals surface area (Å²) >= 11 is 0. The predicted octanol–water partition coefficient (Wildman–Crippen LogP) is 2.41. The van der Waals surface area contributed by atoms with Gasteiger partial charge in [-0.15, -0.1) is 0 Å². The summed E-state index contributed by atoms with van der Waals surface area (Å²) in [5, 5.41) is 9.16. The smallest absolute Gasteiger partial charge is 0.339 e. The zero-order chi connectivity index (χ0) is 11.5. The van der Waals surface area contributed by atoms with E-state index in [1.165, 1.54) is 19.3 Å². The van der Waals surface area contributed by atoms with Crippen molar-refractivity contribution in [2.24, 2.45) is 0 Å². The molecule has 4 nitrogen and oxygen atoms in total. The molecule has 0 aromatic carbocycles. The normalized spacial score (nSPS) is 17.2. The minimum absolute atomic E-state index is 0.135. The highest BCUT2D eigenvalue weighted by molar-refractivity contribution is 5.94. The molecule has 0 aliphatic heterocycles. The van der Waals surface area contributed by atoms with E-state index in [9.17, 15) is 4.79 Å². The predicted molar refractivity (Wildman–Crippen MR) is 61.4 cm³/mol. The van der Waals surface area contributed by atoms with Crippen molar-refractivity contribution in [1.29, 1.82) is 0 Å². The van der Waals surface area contributed by atoms with Gasteiger partial charge in [0, 0.05) is 6.20 Å². The third kappa shape index (κ3) is 2.01. The largest absolute Gasteiger partial charge is 0.478 e. The van der Waals surface area contributed by atoms with Crippen LogP contribution < -0.4 is 5.73 Å². The molecule has 4 heteroatoms. The first-order valence-electron chi connectivity index (χ1n) is 5.68. The maximum absolute atomic E-state index is 11.2. The summed E-state index contributed by atoms with van der Waals surface area (Å²) in [5.74, 6) is -0.494. The number of hydrogen-bond acceptors (Lipinski definition) is 3. The van der Waals surface area contributed by atoms with Crippen molar-refractivity contribution in [3.8, 4) is 0 Å². The van der Waals surface area contributed by atoms with Crippen LogP contribution in [0.4, 0.5) is 5.82 Å². The summed E-state index contributed by atoms with van der Waals surface area (Å²) in [5.41, 5.74) is 6.70. The standard InChI is InChI=1S/C12H16N2O2/c13-11-10(12(15)16)9(6-7-14-11)8-4-2-1-3-5-8/h6-8H,1-5H2,(H2,13,14)(H,15,16). The monoisotopic (exact) mass is 220 g/mol. The van der Waals surface area contributed by atoms with Crippen LogP contribution in [0, 0.1) is 0 Å². The first-order chi connectivity index (χ1) is 7.70. The summed E-state index contributed by atoms with van der Waals surface area (Å²) in [6, 6.07) is 1.80. The van der Waals surface area contributed by atoms with Crippen LogP contribution in [0.1, 0.15) is 53.9 Å². The second kappa shape index (κ2) is 4.51. The van der Waals surface area contributed by atoms with Gasteiger partial charge >= 0.3 is 5.97 Å². The number of aromatic nitrogens is 1. The summed E-state index contributed by atoms with van der Waals surface area (Å²) in [6.45, 7) is 0. The van der Waals surface area contributed by atoms with Gasteiger partial charge in [-0.2, -0.15) is 0 Å². The molecular formula is C12H16N2O2. The summed E-state index contributed by atoms with van der Waals surface area (Å²) in [7, 11) is 0. The lowest BCUT2D eigenvalue weighted by molar-refractivity contribution is 0.0695. The van der Waals surface area contributed by atoms with E-state index in [2.05, 4.69) is 4.98 Å². The molecule has 0 amide bonds. The van der Waals surface area contributed by atoms with Gasteiger partial charge in [0.15, 0.2) is 0 Å². The zero-order valence-electron chi connectivity index (χ0n) is 9.15. The zero-order valence-corrected chi connectivity index (χ0v) is 9.15. The highest BCUT2D eigenvalue weighted by Crippen LogP contribution is 2.35. The maximum atomic E-state index is 11.2.